The van der Waals surface area contributed by atoms with Crippen LogP contribution in [0.1, 0.15) is 17.0 Å². The minimum Gasteiger partial charge on any atom is -0.451 e. The van der Waals surface area contributed by atoms with Gasteiger partial charge < -0.3 is 14.4 Å². The van der Waals surface area contributed by atoms with E-state index in [0.29, 0.717) is 24.1 Å². The highest BCUT2D eigenvalue weighted by Gasteiger charge is 2.28. The second kappa shape index (κ2) is 4.66. The molecule has 1 aromatic carbocycles. The largest absolute Gasteiger partial charge is 0.451 e. The predicted octanol–water partition coefficient (Wildman–Crippen LogP) is 2.03. The zero-order valence-corrected chi connectivity index (χ0v) is 10.3. The molecule has 1 amide bonds. The van der Waals surface area contributed by atoms with E-state index in [9.17, 15) is 9.18 Å². The molecule has 0 saturated carbocycles. The minimum absolute atomic E-state index is 0.0924. The third-order valence-corrected chi connectivity index (χ3v) is 3.52. The first-order valence-electron chi connectivity index (χ1n) is 6.26. The number of rotatable bonds is 2. The van der Waals surface area contributed by atoms with Crippen molar-refractivity contribution in [2.75, 3.05) is 19.7 Å². The van der Waals surface area contributed by atoms with Crippen molar-refractivity contribution in [1.29, 1.82) is 0 Å². The number of halogens is 1. The lowest BCUT2D eigenvalue weighted by molar-refractivity contribution is 0.0752. The molecule has 0 aliphatic carbocycles. The molecule has 2 aromatic rings. The smallest absolute Gasteiger partial charge is 0.289 e. The molecule has 1 aliphatic heterocycles. The Labute approximate surface area is 109 Å². The summed E-state index contributed by atoms with van der Waals surface area (Å²) in [5, 5.41) is 9.66. The quantitative estimate of drug-likeness (QED) is 0.902. The Kier molecular flexibility index (Phi) is 2.98. The topological polar surface area (TPSA) is 53.7 Å². The predicted molar refractivity (Wildman–Crippen MR) is 67.3 cm³/mol. The first-order valence-corrected chi connectivity index (χ1v) is 6.26. The average molecular weight is 263 g/mol. The fourth-order valence-corrected chi connectivity index (χ4v) is 2.44. The number of hydrogen-bond acceptors (Lipinski definition) is 3. The lowest BCUT2D eigenvalue weighted by atomic mass is 10.1. The van der Waals surface area contributed by atoms with Crippen molar-refractivity contribution < 1.29 is 18.7 Å². The maximum absolute atomic E-state index is 13.1. The van der Waals surface area contributed by atoms with Crippen LogP contribution in [-0.2, 0) is 0 Å². The first-order chi connectivity index (χ1) is 9.17. The van der Waals surface area contributed by atoms with Gasteiger partial charge in [-0.3, -0.25) is 4.79 Å². The molecule has 1 atom stereocenters. The molecule has 1 fully saturated rings. The Hall–Kier alpha value is -1.88. The fraction of sp³-hybridized carbons (Fsp3) is 0.357. The summed E-state index contributed by atoms with van der Waals surface area (Å²) in [7, 11) is 0. The molecule has 1 aliphatic rings. The van der Waals surface area contributed by atoms with Crippen LogP contribution in [0.5, 0.6) is 0 Å². The van der Waals surface area contributed by atoms with E-state index >= 15 is 0 Å². The first kappa shape index (κ1) is 12.2. The summed E-state index contributed by atoms with van der Waals surface area (Å²) in [6, 6.07) is 5.73. The Morgan fingerprint density at radius 2 is 2.32 bits per heavy atom. The van der Waals surface area contributed by atoms with E-state index in [2.05, 4.69) is 0 Å². The molecule has 100 valence electrons. The lowest BCUT2D eigenvalue weighted by Crippen LogP contribution is -2.28. The summed E-state index contributed by atoms with van der Waals surface area (Å²) >= 11 is 0. The van der Waals surface area contributed by atoms with E-state index in [-0.39, 0.29) is 30.0 Å². The molecule has 1 unspecified atom stereocenters. The Morgan fingerprint density at radius 1 is 1.47 bits per heavy atom. The van der Waals surface area contributed by atoms with E-state index in [4.69, 9.17) is 9.52 Å². The molecule has 1 aromatic heterocycles. The van der Waals surface area contributed by atoms with Crippen LogP contribution in [0.4, 0.5) is 4.39 Å². The monoisotopic (exact) mass is 263 g/mol. The average Bonchev–Trinajstić information content (AvgIpc) is 3.03. The van der Waals surface area contributed by atoms with Gasteiger partial charge in [0.15, 0.2) is 5.76 Å². The van der Waals surface area contributed by atoms with Crippen LogP contribution in [0.2, 0.25) is 0 Å². The molecular weight excluding hydrogens is 249 g/mol. The summed E-state index contributed by atoms with van der Waals surface area (Å²) in [5.74, 6) is -0.189. The van der Waals surface area contributed by atoms with Crippen LogP contribution in [0.3, 0.4) is 0 Å². The van der Waals surface area contributed by atoms with Gasteiger partial charge in [0.2, 0.25) is 0 Å². The number of carbonyl (C=O) groups excluding carboxylic acids is 1. The highest BCUT2D eigenvalue weighted by molar-refractivity contribution is 5.96. The maximum Gasteiger partial charge on any atom is 0.289 e. The summed E-state index contributed by atoms with van der Waals surface area (Å²) < 4.78 is 18.5. The van der Waals surface area contributed by atoms with Crippen molar-refractivity contribution in [2.24, 2.45) is 5.92 Å². The van der Waals surface area contributed by atoms with Gasteiger partial charge in [-0.15, -0.1) is 0 Å². The molecular formula is C14H14FNO3. The Balaban J connectivity index is 1.86. The molecule has 19 heavy (non-hydrogen) atoms. The number of aliphatic hydroxyl groups is 1. The van der Waals surface area contributed by atoms with Crippen LogP contribution in [0.15, 0.2) is 28.7 Å². The van der Waals surface area contributed by atoms with Crippen molar-refractivity contribution >= 4 is 16.9 Å². The van der Waals surface area contributed by atoms with Gasteiger partial charge in [-0.2, -0.15) is 0 Å². The van der Waals surface area contributed by atoms with Gasteiger partial charge in [-0.25, -0.2) is 4.39 Å². The normalized spacial score (nSPS) is 19.3. The number of hydrogen-bond donors (Lipinski definition) is 1. The molecule has 2 heterocycles. The number of carbonyl (C=O) groups is 1. The SMILES string of the molecule is O=C(c1cc2cc(F)ccc2o1)N1CCC(CO)C1. The number of benzene rings is 1. The van der Waals surface area contributed by atoms with Crippen LogP contribution in [0.25, 0.3) is 11.0 Å². The van der Waals surface area contributed by atoms with Gasteiger partial charge in [0.25, 0.3) is 5.91 Å². The molecule has 0 bridgehead atoms. The number of furan rings is 1. The molecule has 1 saturated heterocycles. The second-order valence-electron chi connectivity index (χ2n) is 4.88. The Morgan fingerprint density at radius 3 is 3.05 bits per heavy atom. The summed E-state index contributed by atoms with van der Waals surface area (Å²) in [4.78, 5) is 13.9. The van der Waals surface area contributed by atoms with Crippen molar-refractivity contribution in [1.82, 2.24) is 4.90 Å². The summed E-state index contributed by atoms with van der Waals surface area (Å²) in [6.45, 7) is 1.26. The number of fused-ring (bicyclic) bond motifs is 1. The standard InChI is InChI=1S/C14H14FNO3/c15-11-1-2-12-10(5-11)6-13(19-12)14(18)16-4-3-9(7-16)8-17/h1-2,5-6,9,17H,3-4,7-8H2. The lowest BCUT2D eigenvalue weighted by Gasteiger charge is -2.13. The van der Waals surface area contributed by atoms with E-state index in [1.807, 2.05) is 0 Å². The van der Waals surface area contributed by atoms with E-state index in [0.717, 1.165) is 6.42 Å². The van der Waals surface area contributed by atoms with Crippen LogP contribution in [0, 0.1) is 11.7 Å². The second-order valence-corrected chi connectivity index (χ2v) is 4.88. The summed E-state index contributed by atoms with van der Waals surface area (Å²) in [5.41, 5.74) is 0.502. The van der Waals surface area contributed by atoms with Gasteiger partial charge in [0.1, 0.15) is 11.4 Å². The number of amides is 1. The van der Waals surface area contributed by atoms with Crippen molar-refractivity contribution in [3.8, 4) is 0 Å². The number of likely N-dealkylation sites (tertiary alicyclic amines) is 1. The van der Waals surface area contributed by atoms with E-state index in [1.54, 1.807) is 11.0 Å². The van der Waals surface area contributed by atoms with Crippen molar-refractivity contribution in [2.45, 2.75) is 6.42 Å². The van der Waals surface area contributed by atoms with E-state index in [1.165, 1.54) is 18.2 Å². The number of aliphatic hydroxyl groups excluding tert-OH is 1. The number of nitrogens with zero attached hydrogens (tertiary/aromatic N) is 1. The molecule has 3 rings (SSSR count). The third-order valence-electron chi connectivity index (χ3n) is 3.52. The molecule has 1 N–H and O–H groups in total. The van der Waals surface area contributed by atoms with Gasteiger partial charge in [-0.05, 0) is 30.7 Å². The van der Waals surface area contributed by atoms with Gasteiger partial charge in [0.05, 0.1) is 0 Å². The van der Waals surface area contributed by atoms with Gasteiger partial charge in [-0.1, -0.05) is 0 Å². The minimum atomic E-state index is -0.353. The van der Waals surface area contributed by atoms with Crippen molar-refractivity contribution in [3.63, 3.8) is 0 Å². The van der Waals surface area contributed by atoms with Crippen LogP contribution in [-0.4, -0.2) is 35.6 Å². The third kappa shape index (κ3) is 2.21. The molecule has 5 heteroatoms. The molecule has 0 spiro atoms. The molecule has 0 radical (unpaired) electrons. The van der Waals surface area contributed by atoms with E-state index < -0.39 is 0 Å². The van der Waals surface area contributed by atoms with Crippen LogP contribution < -0.4 is 0 Å². The van der Waals surface area contributed by atoms with Gasteiger partial charge in [0, 0.05) is 31.0 Å². The maximum atomic E-state index is 13.1. The zero-order valence-electron chi connectivity index (χ0n) is 10.3. The fourth-order valence-electron chi connectivity index (χ4n) is 2.44. The zero-order chi connectivity index (χ0) is 13.4. The highest BCUT2D eigenvalue weighted by atomic mass is 19.1. The summed E-state index contributed by atoms with van der Waals surface area (Å²) in [6.07, 6.45) is 0.803. The van der Waals surface area contributed by atoms with Crippen LogP contribution >= 0.6 is 0 Å². The molecule has 4 nitrogen and oxygen atoms in total. The van der Waals surface area contributed by atoms with Gasteiger partial charge >= 0.3 is 0 Å². The van der Waals surface area contributed by atoms with Crippen molar-refractivity contribution in [3.05, 3.63) is 35.8 Å². The highest BCUT2D eigenvalue weighted by Crippen LogP contribution is 2.24. The Bertz CT molecular complexity index is 622.